The third-order valence-electron chi connectivity index (χ3n) is 15.7. The van der Waals surface area contributed by atoms with Gasteiger partial charge in [0.25, 0.3) is 11.1 Å². The molecule has 85 heavy (non-hydrogen) atoms. The van der Waals surface area contributed by atoms with Crippen LogP contribution in [-0.2, 0) is 33.1 Å². The highest BCUT2D eigenvalue weighted by atomic mass is 19.4. The molecule has 0 bridgehead atoms. The van der Waals surface area contributed by atoms with Gasteiger partial charge in [-0.25, -0.2) is 9.36 Å². The highest BCUT2D eigenvalue weighted by Gasteiger charge is 2.36. The maximum atomic E-state index is 15.2. The summed E-state index contributed by atoms with van der Waals surface area (Å²) in [7, 11) is 1.82. The van der Waals surface area contributed by atoms with Crippen molar-refractivity contribution in [2.24, 2.45) is 10.9 Å². The second-order valence-electron chi connectivity index (χ2n) is 21.9. The Morgan fingerprint density at radius 1 is 0.659 bits per heavy atom. The number of carbonyl (C=O) groups is 2. The summed E-state index contributed by atoms with van der Waals surface area (Å²) in [5, 5.41) is 1.36. The average Bonchev–Trinajstić information content (AvgIpc) is 1.36. The van der Waals surface area contributed by atoms with Gasteiger partial charge < -0.3 is 22.7 Å². The van der Waals surface area contributed by atoms with Crippen molar-refractivity contribution in [1.29, 1.82) is 0 Å². The number of halogens is 7. The van der Waals surface area contributed by atoms with Gasteiger partial charge in [0.2, 0.25) is 0 Å². The number of aliphatic imine (C=N–C) groups is 1. The van der Waals surface area contributed by atoms with E-state index < -0.39 is 46.5 Å². The van der Waals surface area contributed by atoms with Crippen molar-refractivity contribution in [2.75, 3.05) is 7.11 Å². The first-order chi connectivity index (χ1) is 40.3. The molecule has 18 heteroatoms. The molecule has 0 N–H and O–H groups in total. The minimum atomic E-state index is -4.66. The fourth-order valence-electron chi connectivity index (χ4n) is 11.9. The number of fused-ring (bicyclic) bond motifs is 2. The smallest absolute Gasteiger partial charge is 0.465 e. The normalized spacial score (nSPS) is 13.8. The topological polar surface area (TPSA) is 122 Å². The van der Waals surface area contributed by atoms with Crippen molar-refractivity contribution in [3.63, 3.8) is 0 Å². The molecule has 1 aliphatic heterocycles. The van der Waals surface area contributed by atoms with Crippen LogP contribution >= 0.6 is 0 Å². The Labute approximate surface area is 482 Å². The second kappa shape index (κ2) is 21.4. The van der Waals surface area contributed by atoms with E-state index in [1.807, 2.05) is 54.5 Å². The van der Waals surface area contributed by atoms with Gasteiger partial charge in [-0.1, -0.05) is 82.3 Å². The Morgan fingerprint density at radius 3 is 1.76 bits per heavy atom. The number of para-hydroxylation sites is 1. The van der Waals surface area contributed by atoms with E-state index in [2.05, 4.69) is 0 Å². The third-order valence-corrected chi connectivity index (χ3v) is 15.7. The minimum Gasteiger partial charge on any atom is -0.465 e. The molecule has 0 unspecified atom stereocenters. The Kier molecular flexibility index (Phi) is 14.5. The largest absolute Gasteiger partial charge is 0.495 e. The van der Waals surface area contributed by atoms with Crippen LogP contribution in [0.3, 0.4) is 0 Å². The number of alkyl halides is 6. The summed E-state index contributed by atoms with van der Waals surface area (Å²) in [6.07, 6.45) is -9.58. The third kappa shape index (κ3) is 9.90. The lowest BCUT2D eigenvalue weighted by Gasteiger charge is -2.21. The molecule has 10 aromatic rings. The summed E-state index contributed by atoms with van der Waals surface area (Å²) in [5.41, 5.74) is 5.07. The average molecular weight is 1150 g/mol. The van der Waals surface area contributed by atoms with Crippen molar-refractivity contribution in [2.45, 2.75) is 80.1 Å². The van der Waals surface area contributed by atoms with Gasteiger partial charge in [-0.15, -0.1) is 0 Å². The van der Waals surface area contributed by atoms with Crippen LogP contribution in [-0.4, -0.2) is 41.5 Å². The number of esters is 2. The lowest BCUT2D eigenvalue weighted by Crippen LogP contribution is -2.32. The van der Waals surface area contributed by atoms with Gasteiger partial charge in [0.15, 0.2) is 0 Å². The Hall–Kier alpha value is -9.32. The molecule has 0 fully saturated rings. The number of hydrogen-bond donors (Lipinski definition) is 0. The van der Waals surface area contributed by atoms with Gasteiger partial charge in [0, 0.05) is 54.8 Å². The van der Waals surface area contributed by atoms with Crippen LogP contribution in [0.1, 0.15) is 90.9 Å². The lowest BCUT2D eigenvalue weighted by molar-refractivity contribution is -0.138. The Morgan fingerprint density at radius 2 is 1.22 bits per heavy atom. The number of carbonyl (C=O) groups excluding carboxylic acids is 2. The number of methoxy groups -OCH3 is 1. The van der Waals surface area contributed by atoms with Crippen LogP contribution in [0.5, 0.6) is 5.75 Å². The van der Waals surface area contributed by atoms with Gasteiger partial charge in [-0.05, 0) is 162 Å². The molecular formula is C67H52BF7N3O7. The molecule has 11 rings (SSSR count). The molecule has 0 atom stereocenters. The summed E-state index contributed by atoms with van der Waals surface area (Å²) in [5.74, 6) is -1.24. The first-order valence-electron chi connectivity index (χ1n) is 27.2. The SMILES string of the molecule is COC(=O)C1=C(C)/C(=C(\c2c(C)cc(OC(=O)Cc3ccc(-n4c(=O)c5cc(-c6ccc(C(F)(F)F)cc6)c6oc7ccccc7c7c(-c8ccc(C(F)(F)F)cc8)cc(c4=O)c5c67)cc3)cc2C)c2c(C)cc(C(C)C)n2[B]F)N=C1C(C)C. The molecule has 1 radical (unpaired) electrons. The van der Waals surface area contributed by atoms with E-state index in [9.17, 15) is 35.9 Å². The van der Waals surface area contributed by atoms with Crippen LogP contribution < -0.4 is 15.9 Å². The summed E-state index contributed by atoms with van der Waals surface area (Å²) in [4.78, 5) is 62.3. The van der Waals surface area contributed by atoms with Crippen LogP contribution in [0.2, 0.25) is 0 Å². The standard InChI is InChI=1S/C67H52BF7N3O7/c1-32(2)50-28-36(7)61(78(50)68-75)58(60-37(8)54(65(82)83-9)59(76-60)33(3)4)53-34(5)26-44(27-35(53)6)84-52(79)29-38-14-24-43(25-15-38)77-63(80)48-30-46(39-16-20-41(21-17-39)66(69,70)71)55-45-12-10-11-13-51(45)85-62-47(31-49(64(77)81)56(48)57(55)62)40-18-22-42(23-19-40)67(72,73)74/h10-28,30-33H,29H2,1-9H3/b60-58-. The van der Waals surface area contributed by atoms with Crippen LogP contribution in [0.15, 0.2) is 163 Å². The molecule has 429 valence electrons. The lowest BCUT2D eigenvalue weighted by atomic mass is 9.87. The van der Waals surface area contributed by atoms with E-state index in [1.54, 1.807) is 55.5 Å². The zero-order chi connectivity index (χ0) is 60.9. The fourth-order valence-corrected chi connectivity index (χ4v) is 11.9. The van der Waals surface area contributed by atoms with Gasteiger partial charge in [-0.2, -0.15) is 26.3 Å². The van der Waals surface area contributed by atoms with E-state index in [-0.39, 0.29) is 67.9 Å². The summed E-state index contributed by atoms with van der Waals surface area (Å²) < 4.78 is 119. The number of benzene rings is 7. The number of pyridine rings is 1. The van der Waals surface area contributed by atoms with Crippen LogP contribution in [0.4, 0.5) is 30.7 Å². The number of hydrogen-bond acceptors (Lipinski definition) is 8. The van der Waals surface area contributed by atoms with Crippen LogP contribution in [0, 0.1) is 26.7 Å². The zero-order valence-corrected chi connectivity index (χ0v) is 47.4. The van der Waals surface area contributed by atoms with Crippen LogP contribution in [0.25, 0.3) is 77.0 Å². The van der Waals surface area contributed by atoms with Crippen molar-refractivity contribution in [3.8, 4) is 33.7 Å². The molecule has 0 spiro atoms. The molecular weight excluding hydrogens is 1100 g/mol. The van der Waals surface area contributed by atoms with E-state index in [1.165, 1.54) is 60.1 Å². The van der Waals surface area contributed by atoms with Crippen molar-refractivity contribution < 1.29 is 54.1 Å². The molecule has 0 saturated carbocycles. The van der Waals surface area contributed by atoms with Crippen molar-refractivity contribution in [1.82, 2.24) is 9.05 Å². The maximum Gasteiger partial charge on any atom is 0.495 e. The maximum absolute atomic E-state index is 15.2. The highest BCUT2D eigenvalue weighted by molar-refractivity contribution is 6.32. The molecule has 0 saturated heterocycles. The number of nitrogens with zero attached hydrogens (tertiary/aromatic N) is 3. The van der Waals surface area contributed by atoms with Gasteiger partial charge in [0.05, 0.1) is 47.3 Å². The molecule has 3 aromatic heterocycles. The van der Waals surface area contributed by atoms with Gasteiger partial charge in [0.1, 0.15) is 16.9 Å². The molecule has 4 heterocycles. The van der Waals surface area contributed by atoms with E-state index in [4.69, 9.17) is 18.9 Å². The number of rotatable bonds is 12. The second-order valence-corrected chi connectivity index (χ2v) is 21.9. The summed E-state index contributed by atoms with van der Waals surface area (Å²) >= 11 is 0. The molecule has 7 aromatic carbocycles. The minimum absolute atomic E-state index is 0.00186. The number of aromatic nitrogens is 2. The number of aryl methyl sites for hydroxylation is 3. The monoisotopic (exact) mass is 1150 g/mol. The number of ether oxygens (including phenoxy) is 2. The van der Waals surface area contributed by atoms with E-state index in [0.717, 1.165) is 34.4 Å². The highest BCUT2D eigenvalue weighted by Crippen LogP contribution is 2.48. The van der Waals surface area contributed by atoms with Gasteiger partial charge in [-0.3, -0.25) is 19.4 Å². The first-order valence-corrected chi connectivity index (χ1v) is 27.2. The predicted molar refractivity (Wildman–Crippen MR) is 316 cm³/mol. The number of allylic oxidation sites excluding steroid dienone is 1. The van der Waals surface area contributed by atoms with E-state index >= 15 is 13.9 Å². The molecule has 10 nitrogen and oxygen atoms in total. The van der Waals surface area contributed by atoms with Crippen molar-refractivity contribution in [3.05, 3.63) is 215 Å². The summed E-state index contributed by atoms with van der Waals surface area (Å²) in [6, 6.07) is 29.9. The quantitative estimate of drug-likeness (QED) is 0.0298. The Balaban J connectivity index is 0.993. The fraction of sp³-hybridized carbons (Fsp3) is 0.209. The van der Waals surface area contributed by atoms with E-state index in [0.29, 0.717) is 96.9 Å². The first kappa shape index (κ1) is 57.5. The zero-order valence-electron chi connectivity index (χ0n) is 47.4. The predicted octanol–water partition coefficient (Wildman–Crippen LogP) is 15.9. The summed E-state index contributed by atoms with van der Waals surface area (Å²) in [6.45, 7) is 15.1. The molecule has 0 amide bonds. The Bertz CT molecular complexity index is 4580. The molecule has 1 aliphatic rings. The molecule has 0 aliphatic carbocycles. The van der Waals surface area contributed by atoms with Gasteiger partial charge >= 0.3 is 32.0 Å². The van der Waals surface area contributed by atoms with Crippen molar-refractivity contribution >= 4 is 74.4 Å².